The highest BCUT2D eigenvalue weighted by molar-refractivity contribution is 7.18. The molecule has 0 N–H and O–H groups in total. The van der Waals surface area contributed by atoms with Gasteiger partial charge in [-0.05, 0) is 43.2 Å². The molecule has 0 spiro atoms. The number of ketones is 1. The number of nitro benzene ring substituents is 1. The number of thiazole rings is 1. The van der Waals surface area contributed by atoms with Crippen LogP contribution in [0.25, 0.3) is 10.2 Å². The summed E-state index contributed by atoms with van der Waals surface area (Å²) in [5, 5.41) is 13.6. The Bertz CT molecular complexity index is 1370. The van der Waals surface area contributed by atoms with Crippen LogP contribution in [0.15, 0.2) is 48.8 Å². The molecule has 168 valence electrons. The number of rotatable bonds is 5. The maximum Gasteiger partial charge on any atom is 0.293 e. The van der Waals surface area contributed by atoms with Gasteiger partial charge < -0.3 is 9.47 Å². The number of aryl methyl sites for hydroxylation is 1. The first-order valence-electron chi connectivity index (χ1n) is 10.5. The Morgan fingerprint density at radius 3 is 2.70 bits per heavy atom. The van der Waals surface area contributed by atoms with Gasteiger partial charge >= 0.3 is 0 Å². The highest BCUT2D eigenvalue weighted by atomic mass is 35.5. The average molecular weight is 482 g/mol. The summed E-state index contributed by atoms with van der Waals surface area (Å²) in [6, 6.07) is 10.4. The minimum absolute atomic E-state index is 0.0665. The molecule has 1 aliphatic rings. The molecule has 0 aliphatic carbocycles. The molecule has 0 radical (unpaired) electrons. The number of aromatic nitrogens is 3. The van der Waals surface area contributed by atoms with Crippen LogP contribution in [-0.4, -0.2) is 38.3 Å². The molecule has 8 nitrogen and oxygen atoms in total. The van der Waals surface area contributed by atoms with E-state index in [4.69, 9.17) is 16.6 Å². The number of nitro groups is 1. The van der Waals surface area contributed by atoms with E-state index in [-0.39, 0.29) is 22.9 Å². The number of halogens is 1. The van der Waals surface area contributed by atoms with Crippen LogP contribution in [0.3, 0.4) is 0 Å². The molecular weight excluding hydrogens is 462 g/mol. The van der Waals surface area contributed by atoms with Gasteiger partial charge in [-0.15, -0.1) is 11.3 Å². The van der Waals surface area contributed by atoms with Crippen molar-refractivity contribution in [1.29, 1.82) is 0 Å². The molecule has 2 aromatic carbocycles. The minimum Gasteiger partial charge on any atom is -0.366 e. The van der Waals surface area contributed by atoms with Gasteiger partial charge in [0.25, 0.3) is 5.69 Å². The Kier molecular flexibility index (Phi) is 5.59. The summed E-state index contributed by atoms with van der Waals surface area (Å²) in [5.74, 6) is 0.211. The summed E-state index contributed by atoms with van der Waals surface area (Å²) in [6.45, 7) is 1.35. The maximum atomic E-state index is 12.8. The van der Waals surface area contributed by atoms with Gasteiger partial charge in [0.15, 0.2) is 5.82 Å². The number of imidazole rings is 1. The van der Waals surface area contributed by atoms with Gasteiger partial charge in [0.1, 0.15) is 5.69 Å². The number of carbonyl (C=O) groups excluding carboxylic acids is 1. The van der Waals surface area contributed by atoms with E-state index >= 15 is 0 Å². The molecule has 1 aliphatic heterocycles. The Balaban J connectivity index is 1.35. The quantitative estimate of drug-likeness (QED) is 0.221. The number of hydrogen-bond acceptors (Lipinski definition) is 7. The summed E-state index contributed by atoms with van der Waals surface area (Å²) < 4.78 is 2.71. The first-order valence-corrected chi connectivity index (χ1v) is 11.7. The fourth-order valence-corrected chi connectivity index (χ4v) is 5.54. The van der Waals surface area contributed by atoms with E-state index in [2.05, 4.69) is 4.98 Å². The second-order valence-corrected chi connectivity index (χ2v) is 9.58. The Hall–Kier alpha value is -3.30. The zero-order chi connectivity index (χ0) is 23.1. The van der Waals surface area contributed by atoms with E-state index in [0.29, 0.717) is 29.7 Å². The Morgan fingerprint density at radius 2 is 2.00 bits per heavy atom. The van der Waals surface area contributed by atoms with Crippen LogP contribution in [0.2, 0.25) is 5.02 Å². The lowest BCUT2D eigenvalue weighted by Gasteiger charge is -2.32. The van der Waals surface area contributed by atoms with E-state index in [1.165, 1.54) is 12.3 Å². The third kappa shape index (κ3) is 4.09. The number of carbonyl (C=O) groups is 1. The highest BCUT2D eigenvalue weighted by Crippen LogP contribution is 2.38. The highest BCUT2D eigenvalue weighted by Gasteiger charge is 2.28. The first kappa shape index (κ1) is 21.5. The molecule has 2 aromatic heterocycles. The lowest BCUT2D eigenvalue weighted by atomic mass is 9.96. The van der Waals surface area contributed by atoms with Crippen molar-refractivity contribution in [2.45, 2.75) is 18.8 Å². The summed E-state index contributed by atoms with van der Waals surface area (Å²) in [4.78, 5) is 35.0. The fraction of sp³-hybridized carbons (Fsp3) is 0.261. The molecule has 4 aromatic rings. The summed E-state index contributed by atoms with van der Waals surface area (Å²) >= 11 is 7.77. The van der Waals surface area contributed by atoms with Crippen molar-refractivity contribution in [3.8, 4) is 0 Å². The largest absolute Gasteiger partial charge is 0.366 e. The molecule has 1 saturated heterocycles. The molecule has 0 amide bonds. The van der Waals surface area contributed by atoms with Gasteiger partial charge in [-0.1, -0.05) is 11.6 Å². The zero-order valence-electron chi connectivity index (χ0n) is 17.8. The smallest absolute Gasteiger partial charge is 0.293 e. The Morgan fingerprint density at radius 1 is 1.21 bits per heavy atom. The van der Waals surface area contributed by atoms with Crippen LogP contribution < -0.4 is 4.90 Å². The molecule has 3 heterocycles. The topological polar surface area (TPSA) is 94.2 Å². The minimum atomic E-state index is -0.423. The van der Waals surface area contributed by atoms with Crippen LogP contribution >= 0.6 is 22.9 Å². The lowest BCUT2D eigenvalue weighted by molar-refractivity contribution is -0.384. The number of nitrogens with zero attached hydrogens (tertiary/aromatic N) is 5. The van der Waals surface area contributed by atoms with Crippen molar-refractivity contribution in [3.63, 3.8) is 0 Å². The monoisotopic (exact) mass is 481 g/mol. The van der Waals surface area contributed by atoms with Crippen LogP contribution in [0.1, 0.15) is 39.9 Å². The van der Waals surface area contributed by atoms with Crippen molar-refractivity contribution in [2.75, 3.05) is 18.0 Å². The lowest BCUT2D eigenvalue weighted by Crippen LogP contribution is -2.33. The number of hydrogen-bond donors (Lipinski definition) is 0. The predicted molar refractivity (Wildman–Crippen MR) is 129 cm³/mol. The van der Waals surface area contributed by atoms with E-state index < -0.39 is 4.92 Å². The van der Waals surface area contributed by atoms with Crippen molar-refractivity contribution in [2.24, 2.45) is 7.05 Å². The molecule has 1 fully saturated rings. The summed E-state index contributed by atoms with van der Waals surface area (Å²) in [5.41, 5.74) is 1.63. The number of fused-ring (bicyclic) bond motifs is 1. The van der Waals surface area contributed by atoms with Crippen molar-refractivity contribution in [1.82, 2.24) is 14.5 Å². The van der Waals surface area contributed by atoms with Gasteiger partial charge in [0, 0.05) is 55.1 Å². The van der Waals surface area contributed by atoms with Crippen LogP contribution in [0.4, 0.5) is 11.4 Å². The van der Waals surface area contributed by atoms with E-state index in [0.717, 1.165) is 28.1 Å². The van der Waals surface area contributed by atoms with Crippen molar-refractivity contribution >= 4 is 50.3 Å². The molecule has 33 heavy (non-hydrogen) atoms. The first-order chi connectivity index (χ1) is 15.9. The third-order valence-electron chi connectivity index (χ3n) is 6.01. The van der Waals surface area contributed by atoms with Crippen molar-refractivity contribution < 1.29 is 9.72 Å². The van der Waals surface area contributed by atoms with Gasteiger partial charge in [0.2, 0.25) is 5.78 Å². The van der Waals surface area contributed by atoms with Crippen molar-refractivity contribution in [3.05, 3.63) is 80.3 Å². The van der Waals surface area contributed by atoms with E-state index in [1.807, 2.05) is 23.1 Å². The van der Waals surface area contributed by atoms with Gasteiger partial charge in [0.05, 0.1) is 20.1 Å². The maximum absolute atomic E-state index is 12.8. The van der Waals surface area contributed by atoms with Gasteiger partial charge in [-0.2, -0.15) is 0 Å². The average Bonchev–Trinajstić information content (AvgIpc) is 3.44. The summed E-state index contributed by atoms with van der Waals surface area (Å²) in [7, 11) is 1.72. The predicted octanol–water partition coefficient (Wildman–Crippen LogP) is 5.21. The third-order valence-corrected chi connectivity index (χ3v) is 7.44. The molecule has 10 heteroatoms. The number of anilines is 1. The molecule has 0 saturated carbocycles. The van der Waals surface area contributed by atoms with E-state index in [9.17, 15) is 14.9 Å². The van der Waals surface area contributed by atoms with E-state index in [1.54, 1.807) is 41.3 Å². The molecule has 0 bridgehead atoms. The molecule has 0 unspecified atom stereocenters. The van der Waals surface area contributed by atoms with Gasteiger partial charge in [-0.25, -0.2) is 9.97 Å². The molecule has 0 atom stereocenters. The number of piperidine rings is 1. The summed E-state index contributed by atoms with van der Waals surface area (Å²) in [6.07, 6.45) is 4.89. The molecular formula is C23H20ClN5O3S. The second kappa shape index (κ2) is 8.57. The molecule has 5 rings (SSSR count). The Labute approximate surface area is 198 Å². The van der Waals surface area contributed by atoms with Crippen LogP contribution in [0.5, 0.6) is 0 Å². The normalized spacial score (nSPS) is 14.7. The fourth-order valence-electron chi connectivity index (χ4n) is 4.25. The SMILES string of the molecule is Cn1ccnc1C(=O)c1ccc(N2CCC(c3nc4cc(Cl)ccc4s3)CC2)c([N+](=O)[O-])c1. The van der Waals surface area contributed by atoms with Gasteiger partial charge in [-0.3, -0.25) is 14.9 Å². The van der Waals surface area contributed by atoms with Crippen LogP contribution in [-0.2, 0) is 7.05 Å². The standard InChI is InChI=1S/C23H20ClN5O3S/c1-27-11-8-25-22(27)21(30)15-2-4-18(19(12-15)29(31)32)28-9-6-14(7-10-28)23-26-17-13-16(24)3-5-20(17)33-23/h2-5,8,11-14H,6-7,9-10H2,1H3. The zero-order valence-corrected chi connectivity index (χ0v) is 19.3. The second-order valence-electron chi connectivity index (χ2n) is 8.08. The number of benzene rings is 2. The van der Waals surface area contributed by atoms with Crippen LogP contribution in [0, 0.1) is 10.1 Å².